The number of rotatable bonds is 10. The van der Waals surface area contributed by atoms with Crippen molar-refractivity contribution >= 4 is 35.5 Å². The Morgan fingerprint density at radius 2 is 1.71 bits per heavy atom. The summed E-state index contributed by atoms with van der Waals surface area (Å²) in [5.41, 5.74) is 0.559. The third-order valence-corrected chi connectivity index (χ3v) is 10.1. The van der Waals surface area contributed by atoms with Crippen LogP contribution in [0.15, 0.2) is 60.9 Å². The number of benzene rings is 2. The Hall–Kier alpha value is -6.40. The van der Waals surface area contributed by atoms with Crippen LogP contribution in [0.1, 0.15) is 55.8 Å². The van der Waals surface area contributed by atoms with Crippen LogP contribution in [-0.2, 0) is 9.53 Å². The predicted octanol–water partition coefficient (Wildman–Crippen LogP) is 6.66. The van der Waals surface area contributed by atoms with Gasteiger partial charge in [-0.3, -0.25) is 9.59 Å². The van der Waals surface area contributed by atoms with E-state index in [-0.39, 0.29) is 47.6 Å². The van der Waals surface area contributed by atoms with Gasteiger partial charge in [-0.25, -0.2) is 23.9 Å². The summed E-state index contributed by atoms with van der Waals surface area (Å²) in [7, 11) is 1.22. The summed E-state index contributed by atoms with van der Waals surface area (Å²) in [4.78, 5) is 66.7. The molecule has 2 fully saturated rings. The number of carboxylic acid groups (broad SMARTS) is 1. The Morgan fingerprint density at radius 3 is 2.33 bits per heavy atom. The summed E-state index contributed by atoms with van der Waals surface area (Å²) in [6.45, 7) is 6.82. The van der Waals surface area contributed by atoms with E-state index in [9.17, 15) is 37.5 Å². The zero-order valence-corrected chi connectivity index (χ0v) is 32.0. The largest absolute Gasteiger partial charge is 0.573 e. The Kier molecular flexibility index (Phi) is 12.1. The number of pyridine rings is 1. The number of amides is 4. The van der Waals surface area contributed by atoms with Gasteiger partial charge in [0.05, 0.1) is 36.3 Å². The number of anilines is 2. The summed E-state index contributed by atoms with van der Waals surface area (Å²) in [5.74, 6) is -2.09. The average Bonchev–Trinajstić information content (AvgIpc) is 3.88. The van der Waals surface area contributed by atoms with Crippen LogP contribution >= 0.6 is 0 Å². The van der Waals surface area contributed by atoms with Gasteiger partial charge in [-0.05, 0) is 55.0 Å². The first-order valence-corrected chi connectivity index (χ1v) is 18.4. The van der Waals surface area contributed by atoms with Crippen LogP contribution < -0.4 is 20.3 Å². The molecule has 308 valence electrons. The molecule has 0 spiro atoms. The zero-order valence-electron chi connectivity index (χ0n) is 32.0. The molecule has 0 aliphatic carbocycles. The van der Waals surface area contributed by atoms with Gasteiger partial charge in [0.15, 0.2) is 0 Å². The maximum Gasteiger partial charge on any atom is 0.573 e. The molecule has 0 saturated carbocycles. The lowest BCUT2D eigenvalue weighted by Gasteiger charge is -2.39. The molecule has 6 rings (SSSR count). The summed E-state index contributed by atoms with van der Waals surface area (Å²) in [6.07, 6.45) is -2.73. The number of methoxy groups -OCH3 is 1. The van der Waals surface area contributed by atoms with Crippen LogP contribution in [0.25, 0.3) is 22.4 Å². The van der Waals surface area contributed by atoms with Gasteiger partial charge in [0.25, 0.3) is 5.91 Å². The number of alkyl carbamates (subject to hydrolysis) is 1. The Morgan fingerprint density at radius 1 is 0.983 bits per heavy atom. The van der Waals surface area contributed by atoms with Crippen molar-refractivity contribution in [3.8, 4) is 28.1 Å². The minimum atomic E-state index is -5.15. The quantitative estimate of drug-likeness (QED) is 0.126. The Bertz CT molecular complexity index is 2150. The highest BCUT2D eigenvalue weighted by Crippen LogP contribution is 2.39. The van der Waals surface area contributed by atoms with Crippen molar-refractivity contribution in [1.82, 2.24) is 30.1 Å². The van der Waals surface area contributed by atoms with Gasteiger partial charge >= 0.3 is 18.5 Å². The number of halogens is 4. The van der Waals surface area contributed by atoms with Gasteiger partial charge < -0.3 is 44.9 Å². The molecule has 2 aliphatic rings. The van der Waals surface area contributed by atoms with Crippen molar-refractivity contribution in [3.05, 3.63) is 78.1 Å². The molecule has 15 nitrogen and oxygen atoms in total. The standard InChI is InChI=1S/C39H42F4N8O7/c1-21(2)33(48-37(54)57-4)36(53)51-13-5-6-30(51)34-45-19-29(46-34)24-9-7-23(8-10-24)26-16-27(40)28(17-31(26)58-39(41,42)43)47-35(52)25-11-12-32(44-18-25)50-15-14-49(38(55)56)20-22(50)3/h7-12,16-19,21-22,30,33H,5-6,13-15,20H2,1-4H3,(H,45,46)(H,47,52)(H,48,54)(H,55,56)/t22-,30+,33+/m1/s1. The second-order valence-electron chi connectivity index (χ2n) is 14.3. The number of piperazine rings is 1. The fourth-order valence-electron chi connectivity index (χ4n) is 7.12. The molecule has 2 aromatic carbocycles. The van der Waals surface area contributed by atoms with E-state index in [1.54, 1.807) is 29.3 Å². The van der Waals surface area contributed by atoms with Gasteiger partial charge in [-0.1, -0.05) is 38.1 Å². The molecule has 0 unspecified atom stereocenters. The third-order valence-electron chi connectivity index (χ3n) is 10.1. The molecule has 3 atom stereocenters. The van der Waals surface area contributed by atoms with E-state index in [2.05, 4.69) is 30.3 Å². The number of imidazole rings is 1. The van der Waals surface area contributed by atoms with E-state index < -0.39 is 53.8 Å². The van der Waals surface area contributed by atoms with Crippen LogP contribution in [0.4, 0.5) is 38.7 Å². The first kappa shape index (κ1) is 41.2. The summed E-state index contributed by atoms with van der Waals surface area (Å²) >= 11 is 0. The highest BCUT2D eigenvalue weighted by molar-refractivity contribution is 6.04. The number of carbonyl (C=O) groups excluding carboxylic acids is 3. The van der Waals surface area contributed by atoms with Gasteiger partial charge in [0.2, 0.25) is 5.91 Å². The first-order chi connectivity index (χ1) is 27.5. The lowest BCUT2D eigenvalue weighted by molar-refractivity contribution is -0.274. The molecule has 2 aromatic heterocycles. The molecular weight excluding hydrogens is 768 g/mol. The Labute approximate surface area is 330 Å². The summed E-state index contributed by atoms with van der Waals surface area (Å²) in [5, 5.41) is 14.2. The zero-order chi connectivity index (χ0) is 41.9. The van der Waals surface area contributed by atoms with E-state index in [0.29, 0.717) is 48.8 Å². The molecule has 4 N–H and O–H groups in total. The van der Waals surface area contributed by atoms with Crippen molar-refractivity contribution in [2.45, 2.75) is 58.1 Å². The van der Waals surface area contributed by atoms with Gasteiger partial charge in [0.1, 0.15) is 29.3 Å². The van der Waals surface area contributed by atoms with Crippen LogP contribution in [0.5, 0.6) is 5.75 Å². The monoisotopic (exact) mass is 810 g/mol. The van der Waals surface area contributed by atoms with E-state index in [4.69, 9.17) is 4.74 Å². The smallest absolute Gasteiger partial charge is 0.465 e. The molecule has 58 heavy (non-hydrogen) atoms. The number of ether oxygens (including phenoxy) is 2. The van der Waals surface area contributed by atoms with Crippen molar-refractivity contribution in [1.29, 1.82) is 0 Å². The predicted molar refractivity (Wildman–Crippen MR) is 203 cm³/mol. The second-order valence-corrected chi connectivity index (χ2v) is 14.3. The van der Waals surface area contributed by atoms with Crippen molar-refractivity contribution in [2.75, 3.05) is 43.5 Å². The highest BCUT2D eigenvalue weighted by Gasteiger charge is 2.38. The number of nitrogens with one attached hydrogen (secondary N) is 3. The number of hydrogen-bond donors (Lipinski definition) is 4. The second kappa shape index (κ2) is 17.0. The van der Waals surface area contributed by atoms with Gasteiger partial charge in [0, 0.05) is 50.0 Å². The number of likely N-dealkylation sites (tertiary alicyclic amines) is 1. The maximum absolute atomic E-state index is 15.5. The lowest BCUT2D eigenvalue weighted by Crippen LogP contribution is -2.53. The normalized spacial score (nSPS) is 17.6. The van der Waals surface area contributed by atoms with E-state index in [0.717, 1.165) is 12.1 Å². The van der Waals surface area contributed by atoms with Crippen LogP contribution in [0.3, 0.4) is 0 Å². The number of nitrogens with zero attached hydrogens (tertiary/aromatic N) is 5. The van der Waals surface area contributed by atoms with Crippen LogP contribution in [0, 0.1) is 11.7 Å². The minimum Gasteiger partial charge on any atom is -0.465 e. The van der Waals surface area contributed by atoms with E-state index in [1.165, 1.54) is 36.4 Å². The third kappa shape index (κ3) is 9.24. The molecule has 19 heteroatoms. The number of carbonyl (C=O) groups is 4. The molecule has 4 amide bonds. The molecule has 4 aromatic rings. The van der Waals surface area contributed by atoms with Crippen molar-refractivity contribution in [3.63, 3.8) is 0 Å². The number of aromatic nitrogens is 3. The summed E-state index contributed by atoms with van der Waals surface area (Å²) < 4.78 is 65.4. The molecular formula is C39H42F4N8O7. The fourth-order valence-corrected chi connectivity index (χ4v) is 7.12. The van der Waals surface area contributed by atoms with Crippen molar-refractivity contribution in [2.24, 2.45) is 5.92 Å². The summed E-state index contributed by atoms with van der Waals surface area (Å²) in [6, 6.07) is 9.36. The Balaban J connectivity index is 1.17. The van der Waals surface area contributed by atoms with E-state index in [1.807, 2.05) is 25.7 Å². The van der Waals surface area contributed by atoms with Gasteiger partial charge in [-0.2, -0.15) is 0 Å². The molecule has 2 saturated heterocycles. The average molecular weight is 811 g/mol. The van der Waals surface area contributed by atoms with Crippen LogP contribution in [0.2, 0.25) is 0 Å². The first-order valence-electron chi connectivity index (χ1n) is 18.4. The molecule has 0 radical (unpaired) electrons. The highest BCUT2D eigenvalue weighted by atomic mass is 19.4. The number of H-pyrrole nitrogens is 1. The SMILES string of the molecule is COC(=O)N[C@H](C(=O)N1CCC[C@H]1c1ncc(-c2ccc(-c3cc(F)c(NC(=O)c4ccc(N5CCN(C(=O)O)C[C@H]5C)nc4)cc3OC(F)(F)F)cc2)[nH]1)C(C)C. The van der Waals surface area contributed by atoms with Crippen LogP contribution in [-0.4, -0.2) is 106 Å². The fraction of sp³-hybridized carbons (Fsp3) is 0.385. The molecule has 4 heterocycles. The minimum absolute atomic E-state index is 0.00228. The number of aromatic amines is 1. The number of alkyl halides is 3. The lowest BCUT2D eigenvalue weighted by atomic mass is 10.0. The van der Waals surface area contributed by atoms with E-state index >= 15 is 4.39 Å². The maximum atomic E-state index is 15.5. The van der Waals surface area contributed by atoms with Gasteiger partial charge in [-0.15, -0.1) is 13.2 Å². The topological polar surface area (TPSA) is 182 Å². The number of hydrogen-bond acceptors (Lipinski definition) is 9. The molecule has 0 bridgehead atoms. The molecule has 2 aliphatic heterocycles. The van der Waals surface area contributed by atoms with Crippen molar-refractivity contribution < 1.29 is 51.3 Å².